The summed E-state index contributed by atoms with van der Waals surface area (Å²) in [6.07, 6.45) is 8.09. The smallest absolute Gasteiger partial charge is 0.234 e. The van der Waals surface area contributed by atoms with Gasteiger partial charge in [-0.1, -0.05) is 26.2 Å². The summed E-state index contributed by atoms with van der Waals surface area (Å²) in [4.78, 5) is 18.8. The number of rotatable bonds is 8. The molecule has 1 saturated heterocycles. The number of hydrogen-bond donors (Lipinski definition) is 4. The van der Waals surface area contributed by atoms with Crippen LogP contribution in [-0.2, 0) is 4.79 Å². The van der Waals surface area contributed by atoms with Crippen LogP contribution in [0.2, 0.25) is 0 Å². The Morgan fingerprint density at radius 2 is 1.82 bits per heavy atom. The van der Waals surface area contributed by atoms with Gasteiger partial charge in [-0.05, 0) is 39.0 Å². The Balaban J connectivity index is 0.00000392. The van der Waals surface area contributed by atoms with Crippen LogP contribution in [0.15, 0.2) is 4.99 Å². The lowest BCUT2D eigenvalue weighted by Gasteiger charge is -2.33. The Morgan fingerprint density at radius 3 is 2.43 bits per heavy atom. The van der Waals surface area contributed by atoms with Crippen LogP contribution in [0.4, 0.5) is 0 Å². The van der Waals surface area contributed by atoms with E-state index in [-0.39, 0.29) is 29.9 Å². The first-order valence-corrected chi connectivity index (χ1v) is 10.8. The molecule has 0 aromatic rings. The molecule has 0 aromatic carbocycles. The molecule has 2 rings (SSSR count). The van der Waals surface area contributed by atoms with Gasteiger partial charge in [-0.3, -0.25) is 14.7 Å². The number of nitrogens with one attached hydrogen (secondary N) is 3. The zero-order chi connectivity index (χ0) is 19.5. The van der Waals surface area contributed by atoms with Gasteiger partial charge in [0.05, 0.1) is 18.7 Å². The third-order valence-electron chi connectivity index (χ3n) is 5.53. The Kier molecular flexibility index (Phi) is 12.3. The monoisotopic (exact) mass is 509 g/mol. The molecule has 1 aliphatic carbocycles. The van der Waals surface area contributed by atoms with Gasteiger partial charge in [0.1, 0.15) is 0 Å². The van der Waals surface area contributed by atoms with Crippen LogP contribution in [-0.4, -0.2) is 72.8 Å². The molecule has 1 saturated carbocycles. The van der Waals surface area contributed by atoms with Gasteiger partial charge in [-0.25, -0.2) is 0 Å². The molecule has 0 spiro atoms. The van der Waals surface area contributed by atoms with E-state index in [9.17, 15) is 9.90 Å². The predicted molar refractivity (Wildman–Crippen MR) is 125 cm³/mol. The van der Waals surface area contributed by atoms with E-state index < -0.39 is 5.60 Å². The van der Waals surface area contributed by atoms with E-state index in [1.165, 1.54) is 6.42 Å². The highest BCUT2D eigenvalue weighted by Gasteiger charge is 2.29. The number of likely N-dealkylation sites (tertiary alicyclic amines) is 1. The highest BCUT2D eigenvalue weighted by atomic mass is 127. The van der Waals surface area contributed by atoms with Crippen molar-refractivity contribution in [2.75, 3.05) is 39.3 Å². The summed E-state index contributed by atoms with van der Waals surface area (Å²) in [6, 6.07) is 0.360. The average molecular weight is 509 g/mol. The molecule has 28 heavy (non-hydrogen) atoms. The molecule has 0 bridgehead atoms. The van der Waals surface area contributed by atoms with Crippen LogP contribution in [0.1, 0.15) is 65.2 Å². The van der Waals surface area contributed by atoms with Crippen LogP contribution in [0, 0.1) is 0 Å². The molecule has 1 heterocycles. The van der Waals surface area contributed by atoms with E-state index in [1.807, 2.05) is 0 Å². The summed E-state index contributed by atoms with van der Waals surface area (Å²) in [6.45, 7) is 8.48. The van der Waals surface area contributed by atoms with Crippen LogP contribution in [0.25, 0.3) is 0 Å². The second kappa shape index (κ2) is 13.6. The largest absolute Gasteiger partial charge is 0.388 e. The minimum atomic E-state index is -0.629. The van der Waals surface area contributed by atoms with Crippen LogP contribution >= 0.6 is 24.0 Å². The second-order valence-corrected chi connectivity index (χ2v) is 8.02. The molecule has 2 aliphatic rings. The van der Waals surface area contributed by atoms with Gasteiger partial charge in [0, 0.05) is 32.2 Å². The summed E-state index contributed by atoms with van der Waals surface area (Å²) in [5.41, 5.74) is -0.629. The van der Waals surface area contributed by atoms with Crippen molar-refractivity contribution >= 4 is 35.8 Å². The fraction of sp³-hybridized carbons (Fsp3) is 0.900. The number of guanidine groups is 1. The molecule has 2 fully saturated rings. The topological polar surface area (TPSA) is 89.0 Å². The van der Waals surface area contributed by atoms with Crippen molar-refractivity contribution in [1.82, 2.24) is 20.9 Å². The van der Waals surface area contributed by atoms with Crippen molar-refractivity contribution in [2.24, 2.45) is 4.99 Å². The fourth-order valence-electron chi connectivity index (χ4n) is 3.87. The molecule has 8 heteroatoms. The maximum absolute atomic E-state index is 11.9. The van der Waals surface area contributed by atoms with Crippen LogP contribution in [0.5, 0.6) is 0 Å². The lowest BCUT2D eigenvalue weighted by atomic mass is 9.85. The quantitative estimate of drug-likeness (QED) is 0.228. The number of carbonyl (C=O) groups excluding carboxylic acids is 1. The molecule has 0 atom stereocenters. The van der Waals surface area contributed by atoms with E-state index in [1.54, 1.807) is 0 Å². The third kappa shape index (κ3) is 9.26. The van der Waals surface area contributed by atoms with Gasteiger partial charge < -0.3 is 21.1 Å². The van der Waals surface area contributed by atoms with Crippen molar-refractivity contribution in [1.29, 1.82) is 0 Å². The van der Waals surface area contributed by atoms with Gasteiger partial charge in [-0.2, -0.15) is 0 Å². The molecule has 1 aliphatic heterocycles. The predicted octanol–water partition coefficient (Wildman–Crippen LogP) is 1.85. The molecule has 0 unspecified atom stereocenters. The van der Waals surface area contributed by atoms with Gasteiger partial charge >= 0.3 is 0 Å². The zero-order valence-corrected chi connectivity index (χ0v) is 20.0. The molecule has 1 amide bonds. The number of amides is 1. The van der Waals surface area contributed by atoms with E-state index in [2.05, 4.69) is 39.7 Å². The van der Waals surface area contributed by atoms with Crippen molar-refractivity contribution in [3.05, 3.63) is 0 Å². The zero-order valence-electron chi connectivity index (χ0n) is 17.6. The highest BCUT2D eigenvalue weighted by molar-refractivity contribution is 14.0. The summed E-state index contributed by atoms with van der Waals surface area (Å²) < 4.78 is 0. The maximum Gasteiger partial charge on any atom is 0.234 e. The Morgan fingerprint density at radius 1 is 1.14 bits per heavy atom. The van der Waals surface area contributed by atoms with E-state index in [0.717, 1.165) is 77.1 Å². The number of piperidine rings is 1. The van der Waals surface area contributed by atoms with Crippen LogP contribution < -0.4 is 16.0 Å². The minimum Gasteiger partial charge on any atom is -0.388 e. The van der Waals surface area contributed by atoms with Gasteiger partial charge in [-0.15, -0.1) is 24.0 Å². The SMILES string of the molecule is CCCNC(=O)CN1CCC(NC(=NCC2(O)CCCCC2)NCC)CC1.I. The number of carbonyl (C=O) groups is 1. The van der Waals surface area contributed by atoms with Crippen molar-refractivity contribution in [2.45, 2.75) is 76.9 Å². The first-order valence-electron chi connectivity index (χ1n) is 10.8. The first-order chi connectivity index (χ1) is 13.0. The highest BCUT2D eigenvalue weighted by Crippen LogP contribution is 2.28. The number of aliphatic imine (C=N–C) groups is 1. The van der Waals surface area contributed by atoms with Crippen LogP contribution in [0.3, 0.4) is 0 Å². The molecule has 164 valence electrons. The molecule has 4 N–H and O–H groups in total. The number of hydrogen-bond acceptors (Lipinski definition) is 4. The Bertz CT molecular complexity index is 475. The third-order valence-corrected chi connectivity index (χ3v) is 5.53. The summed E-state index contributed by atoms with van der Waals surface area (Å²) in [5, 5.41) is 20.4. The summed E-state index contributed by atoms with van der Waals surface area (Å²) >= 11 is 0. The van der Waals surface area contributed by atoms with Crippen molar-refractivity contribution in [3.63, 3.8) is 0 Å². The Hall–Kier alpha value is -0.610. The first kappa shape index (κ1) is 25.4. The van der Waals surface area contributed by atoms with Gasteiger partial charge in [0.2, 0.25) is 5.91 Å². The summed E-state index contributed by atoms with van der Waals surface area (Å²) in [7, 11) is 0. The maximum atomic E-state index is 11.9. The van der Waals surface area contributed by atoms with Gasteiger partial charge in [0.25, 0.3) is 0 Å². The standard InChI is InChI=1S/C20H39N5O2.HI/c1-3-12-22-18(26)15-25-13-8-17(9-14-25)24-19(21-4-2)23-16-20(27)10-6-5-7-11-20;/h17,27H,3-16H2,1-2H3,(H,22,26)(H2,21,23,24);1H. The normalized spacial score (nSPS) is 20.9. The molecule has 0 radical (unpaired) electrons. The second-order valence-electron chi connectivity index (χ2n) is 8.02. The Labute approximate surface area is 187 Å². The lowest BCUT2D eigenvalue weighted by Crippen LogP contribution is -2.50. The number of halogens is 1. The van der Waals surface area contributed by atoms with E-state index >= 15 is 0 Å². The van der Waals surface area contributed by atoms with Gasteiger partial charge in [0.15, 0.2) is 5.96 Å². The van der Waals surface area contributed by atoms with E-state index in [0.29, 0.717) is 19.1 Å². The molecule has 0 aromatic heterocycles. The number of aliphatic hydroxyl groups is 1. The molecular formula is C20H40IN5O2. The lowest BCUT2D eigenvalue weighted by molar-refractivity contribution is -0.122. The molecular weight excluding hydrogens is 469 g/mol. The molecule has 7 nitrogen and oxygen atoms in total. The fourth-order valence-corrected chi connectivity index (χ4v) is 3.87. The van der Waals surface area contributed by atoms with Crippen molar-refractivity contribution in [3.8, 4) is 0 Å². The number of nitrogens with zero attached hydrogens (tertiary/aromatic N) is 2. The summed E-state index contributed by atoms with van der Waals surface area (Å²) in [5.74, 6) is 0.925. The van der Waals surface area contributed by atoms with Crippen molar-refractivity contribution < 1.29 is 9.90 Å². The average Bonchev–Trinajstić information content (AvgIpc) is 2.67. The minimum absolute atomic E-state index is 0. The van der Waals surface area contributed by atoms with E-state index in [4.69, 9.17) is 0 Å².